The summed E-state index contributed by atoms with van der Waals surface area (Å²) in [6, 6.07) is 7.95. The van der Waals surface area contributed by atoms with Crippen molar-refractivity contribution in [1.29, 1.82) is 0 Å². The van der Waals surface area contributed by atoms with Crippen LogP contribution in [0.5, 0.6) is 0 Å². The molecule has 1 saturated heterocycles. The van der Waals surface area contributed by atoms with E-state index in [1.165, 1.54) is 0 Å². The van der Waals surface area contributed by atoms with Gasteiger partial charge in [0.2, 0.25) is 17.7 Å². The summed E-state index contributed by atoms with van der Waals surface area (Å²) in [6.07, 6.45) is 4.81. The summed E-state index contributed by atoms with van der Waals surface area (Å²) < 4.78 is 0. The van der Waals surface area contributed by atoms with Crippen LogP contribution in [0, 0.1) is 5.92 Å². The summed E-state index contributed by atoms with van der Waals surface area (Å²) in [6.45, 7) is 3.08. The second-order valence-electron chi connectivity index (χ2n) is 8.05. The number of rotatable bonds is 4. The van der Waals surface area contributed by atoms with Crippen molar-refractivity contribution >= 4 is 35.2 Å². The minimum atomic E-state index is 0.0150. The third-order valence-electron chi connectivity index (χ3n) is 6.23. The molecule has 0 spiro atoms. The largest absolute Gasteiger partial charge is 0.339 e. The molecule has 3 amide bonds. The summed E-state index contributed by atoms with van der Waals surface area (Å²) in [5.41, 5.74) is 0.959. The van der Waals surface area contributed by atoms with Gasteiger partial charge in [-0.2, -0.15) is 0 Å². The Morgan fingerprint density at radius 3 is 2.28 bits per heavy atom. The highest BCUT2D eigenvalue weighted by atomic mass is 32.2. The van der Waals surface area contributed by atoms with Crippen LogP contribution in [0.4, 0.5) is 5.69 Å². The highest BCUT2D eigenvalue weighted by Gasteiger charge is 2.31. The van der Waals surface area contributed by atoms with Crippen molar-refractivity contribution < 1.29 is 14.4 Å². The van der Waals surface area contributed by atoms with Gasteiger partial charge in [0.1, 0.15) is 0 Å². The average molecular weight is 416 g/mol. The maximum absolute atomic E-state index is 12.7. The molecule has 7 heteroatoms. The van der Waals surface area contributed by atoms with Crippen molar-refractivity contribution in [3.63, 3.8) is 0 Å². The zero-order valence-electron chi connectivity index (χ0n) is 16.8. The molecule has 4 rings (SSSR count). The molecule has 2 fully saturated rings. The summed E-state index contributed by atoms with van der Waals surface area (Å²) in [7, 11) is 0. The van der Waals surface area contributed by atoms with Crippen LogP contribution in [0.1, 0.15) is 38.5 Å². The van der Waals surface area contributed by atoms with Gasteiger partial charge in [-0.25, -0.2) is 0 Å². The van der Waals surface area contributed by atoms with Crippen LogP contribution in [-0.4, -0.2) is 66.0 Å². The van der Waals surface area contributed by atoms with Crippen molar-refractivity contribution in [2.24, 2.45) is 5.92 Å². The zero-order valence-corrected chi connectivity index (χ0v) is 17.7. The number of piperazine rings is 1. The molecular formula is C22H29N3O3S. The molecule has 6 nitrogen and oxygen atoms in total. The van der Waals surface area contributed by atoms with Crippen molar-refractivity contribution in [2.75, 3.05) is 43.4 Å². The molecule has 0 aromatic heterocycles. The lowest BCUT2D eigenvalue weighted by atomic mass is 10.1. The Hall–Kier alpha value is -2.02. The molecule has 0 unspecified atom stereocenters. The van der Waals surface area contributed by atoms with Crippen molar-refractivity contribution in [1.82, 2.24) is 9.80 Å². The summed E-state index contributed by atoms with van der Waals surface area (Å²) in [5.74, 6) is 1.38. The molecule has 0 radical (unpaired) electrons. The monoisotopic (exact) mass is 415 g/mol. The Morgan fingerprint density at radius 1 is 0.862 bits per heavy atom. The van der Waals surface area contributed by atoms with Gasteiger partial charge in [0.05, 0.1) is 5.69 Å². The van der Waals surface area contributed by atoms with Gasteiger partial charge in [0, 0.05) is 62.1 Å². The first-order chi connectivity index (χ1) is 14.1. The molecule has 2 aliphatic heterocycles. The van der Waals surface area contributed by atoms with Crippen LogP contribution < -0.4 is 4.90 Å². The van der Waals surface area contributed by atoms with E-state index < -0.39 is 0 Å². The van der Waals surface area contributed by atoms with Gasteiger partial charge in [-0.3, -0.25) is 14.4 Å². The van der Waals surface area contributed by atoms with Gasteiger partial charge >= 0.3 is 0 Å². The molecule has 1 aromatic carbocycles. The van der Waals surface area contributed by atoms with E-state index in [4.69, 9.17) is 0 Å². The molecule has 1 aliphatic carbocycles. The first-order valence-corrected chi connectivity index (χ1v) is 11.7. The van der Waals surface area contributed by atoms with Crippen molar-refractivity contribution in [3.8, 4) is 0 Å². The summed E-state index contributed by atoms with van der Waals surface area (Å²) in [4.78, 5) is 44.6. The maximum atomic E-state index is 12.7. The molecule has 156 valence electrons. The molecule has 0 N–H and O–H groups in total. The van der Waals surface area contributed by atoms with Crippen LogP contribution in [-0.2, 0) is 14.4 Å². The standard InChI is InChI=1S/C22H29N3O3S/c26-20(23-11-13-24(14-12-23)22(28)17-5-1-2-6-17)9-10-21(27)25-15-16-29-19-8-4-3-7-18(19)25/h3-4,7-8,17H,1-2,5-6,9-16H2. The topological polar surface area (TPSA) is 60.9 Å². The van der Waals surface area contributed by atoms with E-state index in [2.05, 4.69) is 0 Å². The minimum Gasteiger partial charge on any atom is -0.339 e. The number of para-hydroxylation sites is 1. The van der Waals surface area contributed by atoms with Crippen molar-refractivity contribution in [2.45, 2.75) is 43.4 Å². The summed E-state index contributed by atoms with van der Waals surface area (Å²) >= 11 is 1.77. The van der Waals surface area contributed by atoms with Crippen molar-refractivity contribution in [3.05, 3.63) is 24.3 Å². The van der Waals surface area contributed by atoms with Gasteiger partial charge in [-0.1, -0.05) is 25.0 Å². The summed E-state index contributed by atoms with van der Waals surface area (Å²) in [5, 5.41) is 0. The molecule has 1 aromatic rings. The van der Waals surface area contributed by atoms with Crippen LogP contribution in [0.25, 0.3) is 0 Å². The second kappa shape index (κ2) is 9.20. The van der Waals surface area contributed by atoms with E-state index >= 15 is 0 Å². The fraction of sp³-hybridized carbons (Fsp3) is 0.591. The number of fused-ring (bicyclic) bond motifs is 1. The van der Waals surface area contributed by atoms with E-state index in [0.29, 0.717) is 32.7 Å². The first-order valence-electron chi connectivity index (χ1n) is 10.7. The first kappa shape index (κ1) is 20.3. The molecule has 29 heavy (non-hydrogen) atoms. The van der Waals surface area contributed by atoms with E-state index in [1.54, 1.807) is 11.8 Å². The third-order valence-corrected chi connectivity index (χ3v) is 7.27. The number of amides is 3. The molecule has 0 bridgehead atoms. The smallest absolute Gasteiger partial charge is 0.227 e. The SMILES string of the molecule is O=C(CCC(=O)N1CCSc2ccccc21)N1CCN(C(=O)C2CCCC2)CC1. The number of thioether (sulfide) groups is 1. The van der Waals surface area contributed by atoms with Gasteiger partial charge < -0.3 is 14.7 Å². The Labute approximate surface area is 176 Å². The molecule has 2 heterocycles. The van der Waals surface area contributed by atoms with E-state index in [-0.39, 0.29) is 36.5 Å². The molecule has 1 saturated carbocycles. The lowest BCUT2D eigenvalue weighted by Gasteiger charge is -2.36. The number of hydrogen-bond donors (Lipinski definition) is 0. The Morgan fingerprint density at radius 2 is 1.52 bits per heavy atom. The van der Waals surface area contributed by atoms with Gasteiger partial charge in [0.15, 0.2) is 0 Å². The predicted octanol–water partition coefficient (Wildman–Crippen LogP) is 2.77. The second-order valence-corrected chi connectivity index (χ2v) is 9.19. The van der Waals surface area contributed by atoms with E-state index in [1.807, 2.05) is 39.0 Å². The normalized spacial score (nSPS) is 19.9. The molecular weight excluding hydrogens is 386 g/mol. The quantitative estimate of drug-likeness (QED) is 0.759. The molecule has 3 aliphatic rings. The Balaban J connectivity index is 1.24. The third kappa shape index (κ3) is 4.60. The number of carbonyl (C=O) groups is 3. The number of benzene rings is 1. The van der Waals surface area contributed by atoms with Crippen LogP contribution in [0.2, 0.25) is 0 Å². The highest BCUT2D eigenvalue weighted by molar-refractivity contribution is 7.99. The van der Waals surface area contributed by atoms with Gasteiger partial charge in [-0.05, 0) is 25.0 Å². The predicted molar refractivity (Wildman–Crippen MR) is 114 cm³/mol. The van der Waals surface area contributed by atoms with Crippen LogP contribution in [0.15, 0.2) is 29.2 Å². The minimum absolute atomic E-state index is 0.0150. The number of nitrogens with zero attached hydrogens (tertiary/aromatic N) is 3. The van der Waals surface area contributed by atoms with Crippen LogP contribution >= 0.6 is 11.8 Å². The Kier molecular flexibility index (Phi) is 6.43. The number of anilines is 1. The van der Waals surface area contributed by atoms with E-state index in [0.717, 1.165) is 42.0 Å². The fourth-order valence-corrected chi connectivity index (χ4v) is 5.54. The highest BCUT2D eigenvalue weighted by Crippen LogP contribution is 2.34. The maximum Gasteiger partial charge on any atom is 0.227 e. The van der Waals surface area contributed by atoms with Gasteiger partial charge in [-0.15, -0.1) is 11.8 Å². The van der Waals surface area contributed by atoms with Gasteiger partial charge in [0.25, 0.3) is 0 Å². The zero-order chi connectivity index (χ0) is 20.2. The number of hydrogen-bond acceptors (Lipinski definition) is 4. The average Bonchev–Trinajstić information content (AvgIpc) is 3.31. The lowest BCUT2D eigenvalue weighted by Crippen LogP contribution is -2.51. The van der Waals surface area contributed by atoms with E-state index in [9.17, 15) is 14.4 Å². The number of carbonyl (C=O) groups excluding carboxylic acids is 3. The van der Waals surface area contributed by atoms with Crippen LogP contribution in [0.3, 0.4) is 0 Å². The Bertz CT molecular complexity index is 770. The lowest BCUT2D eigenvalue weighted by molar-refractivity contribution is -0.142. The fourth-order valence-electron chi connectivity index (χ4n) is 4.54. The molecule has 0 atom stereocenters.